The second-order valence-corrected chi connectivity index (χ2v) is 10.4. The van der Waals surface area contributed by atoms with Gasteiger partial charge in [-0.15, -0.1) is 10.2 Å². The van der Waals surface area contributed by atoms with Gasteiger partial charge in [0, 0.05) is 33.5 Å². The van der Waals surface area contributed by atoms with E-state index in [-0.39, 0.29) is 16.5 Å². The molecule has 0 N–H and O–H groups in total. The van der Waals surface area contributed by atoms with Crippen molar-refractivity contribution in [2.75, 3.05) is 0 Å². The Labute approximate surface area is 240 Å². The van der Waals surface area contributed by atoms with E-state index >= 15 is 0 Å². The smallest absolute Gasteiger partial charge is 0.740 e. The number of hydrogen-bond donors (Lipinski definition) is 0. The summed E-state index contributed by atoms with van der Waals surface area (Å²) >= 11 is 10.7. The predicted octanol–water partition coefficient (Wildman–Crippen LogP) is 6.71. The predicted molar refractivity (Wildman–Crippen MR) is 146 cm³/mol. The number of benzene rings is 2. The third-order valence-electron chi connectivity index (χ3n) is 7.27. The monoisotopic (exact) mass is 574 g/mol. The SMILES string of the molecule is [Ni+2].[S-]c1nnc(-c2ccccc2)n1C1CCCCC1.[S-]c1nnc(-c2ccccc2)n1C1CCCCC1. The van der Waals surface area contributed by atoms with Crippen LogP contribution in [0.3, 0.4) is 0 Å². The Bertz CT molecular complexity index is 1130. The van der Waals surface area contributed by atoms with Crippen LogP contribution in [0.25, 0.3) is 22.8 Å². The molecule has 6 nitrogen and oxygen atoms in total. The summed E-state index contributed by atoms with van der Waals surface area (Å²) in [6, 6.07) is 21.4. The zero-order valence-electron chi connectivity index (χ0n) is 20.8. The van der Waals surface area contributed by atoms with E-state index in [1.165, 1.54) is 64.2 Å². The van der Waals surface area contributed by atoms with Crippen LogP contribution in [0.5, 0.6) is 0 Å². The van der Waals surface area contributed by atoms with Crippen molar-refractivity contribution >= 4 is 25.3 Å². The molecule has 4 aromatic rings. The topological polar surface area (TPSA) is 61.4 Å². The molecule has 2 fully saturated rings. The van der Waals surface area contributed by atoms with Gasteiger partial charge in [0.2, 0.25) is 0 Å². The Balaban J connectivity index is 0.000000168. The van der Waals surface area contributed by atoms with Gasteiger partial charge in [-0.05, 0) is 25.7 Å². The summed E-state index contributed by atoms with van der Waals surface area (Å²) in [5.74, 6) is 1.85. The molecule has 0 amide bonds. The second kappa shape index (κ2) is 13.4. The summed E-state index contributed by atoms with van der Waals surface area (Å²) in [5, 5.41) is 18.0. The van der Waals surface area contributed by atoms with Gasteiger partial charge < -0.3 is 34.4 Å². The van der Waals surface area contributed by atoms with Crippen molar-refractivity contribution in [1.29, 1.82) is 0 Å². The van der Waals surface area contributed by atoms with E-state index in [1.807, 2.05) is 36.4 Å². The third kappa shape index (κ3) is 6.57. The maximum Gasteiger partial charge on any atom is 2.00 e. The largest absolute Gasteiger partial charge is 2.00 e. The molecule has 196 valence electrons. The Morgan fingerprint density at radius 3 is 1.22 bits per heavy atom. The van der Waals surface area contributed by atoms with Crippen LogP contribution in [0.2, 0.25) is 0 Å². The Morgan fingerprint density at radius 2 is 0.865 bits per heavy atom. The van der Waals surface area contributed by atoms with Crippen molar-refractivity contribution in [3.05, 3.63) is 60.7 Å². The molecule has 0 saturated heterocycles. The van der Waals surface area contributed by atoms with E-state index in [4.69, 9.17) is 25.3 Å². The minimum Gasteiger partial charge on any atom is -0.740 e. The average molecular weight is 575 g/mol. The van der Waals surface area contributed by atoms with Gasteiger partial charge in [0.1, 0.15) is 0 Å². The molecule has 2 aliphatic rings. The minimum atomic E-state index is 0. The molecule has 2 aliphatic carbocycles. The standard InChI is InChI=1S/2C14H17N3S.Ni/c2*18-14-16-15-13(11-7-3-1-4-8-11)17(14)12-9-5-2-6-10-12;/h2*1,3-4,7-8,12H,2,5-6,9-10H2,(H,16,18);/q;;+2/p-2. The zero-order chi connectivity index (χ0) is 24.7. The first-order valence-corrected chi connectivity index (χ1v) is 13.9. The minimum absolute atomic E-state index is 0. The van der Waals surface area contributed by atoms with Crippen molar-refractivity contribution in [3.63, 3.8) is 0 Å². The molecule has 9 heteroatoms. The van der Waals surface area contributed by atoms with Gasteiger partial charge in [-0.1, -0.05) is 99.2 Å². The van der Waals surface area contributed by atoms with Gasteiger partial charge in [-0.25, -0.2) is 0 Å². The zero-order valence-corrected chi connectivity index (χ0v) is 23.4. The van der Waals surface area contributed by atoms with Crippen molar-refractivity contribution < 1.29 is 16.5 Å². The van der Waals surface area contributed by atoms with E-state index < -0.39 is 0 Å². The van der Waals surface area contributed by atoms with E-state index in [0.717, 1.165) is 22.8 Å². The van der Waals surface area contributed by atoms with E-state index in [2.05, 4.69) is 53.8 Å². The average Bonchev–Trinajstić information content (AvgIpc) is 3.53. The van der Waals surface area contributed by atoms with Crippen LogP contribution in [-0.4, -0.2) is 29.5 Å². The van der Waals surface area contributed by atoms with Crippen molar-refractivity contribution in [2.24, 2.45) is 0 Å². The third-order valence-corrected chi connectivity index (χ3v) is 7.83. The molecule has 2 saturated carbocycles. The van der Waals surface area contributed by atoms with Crippen LogP contribution in [0.15, 0.2) is 71.0 Å². The molecule has 0 radical (unpaired) electrons. The molecule has 0 spiro atoms. The van der Waals surface area contributed by atoms with Crippen LogP contribution in [-0.2, 0) is 41.7 Å². The number of hydrogen-bond acceptors (Lipinski definition) is 6. The fourth-order valence-corrected chi connectivity index (χ4v) is 6.01. The number of rotatable bonds is 4. The molecular formula is C28H32N6NiS2. The van der Waals surface area contributed by atoms with Crippen molar-refractivity contribution in [1.82, 2.24) is 29.5 Å². The molecule has 2 aromatic heterocycles. The van der Waals surface area contributed by atoms with Gasteiger partial charge in [0.25, 0.3) is 0 Å². The molecular weight excluding hydrogens is 543 g/mol. The first kappa shape index (κ1) is 27.7. The maximum absolute atomic E-state index is 5.34. The fraction of sp³-hybridized carbons (Fsp3) is 0.429. The Kier molecular flexibility index (Phi) is 10.1. The number of aromatic nitrogens is 6. The summed E-state index contributed by atoms with van der Waals surface area (Å²) in [6.45, 7) is 0. The van der Waals surface area contributed by atoms with Crippen LogP contribution in [0.1, 0.15) is 76.3 Å². The van der Waals surface area contributed by atoms with E-state index in [9.17, 15) is 0 Å². The summed E-state index contributed by atoms with van der Waals surface area (Å²) < 4.78 is 4.31. The number of nitrogens with zero attached hydrogens (tertiary/aromatic N) is 6. The van der Waals surface area contributed by atoms with E-state index in [1.54, 1.807) is 0 Å². The summed E-state index contributed by atoms with van der Waals surface area (Å²) in [6.07, 6.45) is 12.6. The van der Waals surface area contributed by atoms with Crippen LogP contribution in [0.4, 0.5) is 0 Å². The van der Waals surface area contributed by atoms with Crippen molar-refractivity contribution in [2.45, 2.75) is 86.6 Å². The van der Waals surface area contributed by atoms with Crippen LogP contribution >= 0.6 is 0 Å². The fourth-order valence-electron chi connectivity index (χ4n) is 5.46. The molecule has 0 unspecified atom stereocenters. The van der Waals surface area contributed by atoms with Gasteiger partial charge in [-0.2, -0.15) is 10.2 Å². The molecule has 2 aromatic carbocycles. The molecule has 0 atom stereocenters. The molecule has 37 heavy (non-hydrogen) atoms. The first-order valence-electron chi connectivity index (χ1n) is 13.1. The van der Waals surface area contributed by atoms with E-state index in [0.29, 0.717) is 22.4 Å². The quantitative estimate of drug-likeness (QED) is 0.199. The Morgan fingerprint density at radius 1 is 0.514 bits per heavy atom. The Hall–Kier alpha value is -2.35. The van der Waals surface area contributed by atoms with Crippen molar-refractivity contribution in [3.8, 4) is 22.8 Å². The second-order valence-electron chi connectivity index (χ2n) is 9.67. The van der Waals surface area contributed by atoms with Gasteiger partial charge >= 0.3 is 16.5 Å². The molecule has 6 rings (SSSR count). The summed E-state index contributed by atoms with van der Waals surface area (Å²) in [4.78, 5) is 0. The van der Waals surface area contributed by atoms with Gasteiger partial charge in [-0.3, -0.25) is 0 Å². The van der Waals surface area contributed by atoms with Gasteiger partial charge in [0.05, 0.1) is 0 Å². The van der Waals surface area contributed by atoms with Crippen LogP contribution in [0, 0.1) is 0 Å². The molecule has 0 bridgehead atoms. The summed E-state index contributed by atoms with van der Waals surface area (Å²) in [7, 11) is 0. The normalized spacial score (nSPS) is 16.4. The first-order chi connectivity index (χ1) is 17.7. The van der Waals surface area contributed by atoms with Gasteiger partial charge in [0.15, 0.2) is 11.6 Å². The molecule has 0 aliphatic heterocycles. The maximum atomic E-state index is 5.34. The molecule has 2 heterocycles. The summed E-state index contributed by atoms with van der Waals surface area (Å²) in [5.41, 5.74) is 2.21. The van der Waals surface area contributed by atoms with Crippen LogP contribution < -0.4 is 0 Å².